The number of aryl methyl sites for hydroxylation is 1. The lowest BCUT2D eigenvalue weighted by Crippen LogP contribution is -2.03. The molecule has 0 saturated carbocycles. The van der Waals surface area contributed by atoms with E-state index in [4.69, 9.17) is 9.47 Å². The van der Waals surface area contributed by atoms with Crippen LogP contribution in [0.25, 0.3) is 11.3 Å². The van der Waals surface area contributed by atoms with E-state index in [1.165, 1.54) is 5.56 Å². The smallest absolute Gasteiger partial charge is 0.119 e. The standard InChI is InChI=1S/C18H23NO2/c1-3-11-20-12-4-13-21-17-8-6-16(7-9-17)18-10-5-15(2)14-19-18/h5-10,14H,3-4,11-13H2,1-2H3. The van der Waals surface area contributed by atoms with Crippen LogP contribution in [0.15, 0.2) is 42.6 Å². The summed E-state index contributed by atoms with van der Waals surface area (Å²) in [6.45, 7) is 6.43. The molecule has 21 heavy (non-hydrogen) atoms. The molecular weight excluding hydrogens is 262 g/mol. The lowest BCUT2D eigenvalue weighted by Gasteiger charge is -2.07. The molecule has 0 bridgehead atoms. The largest absolute Gasteiger partial charge is 0.494 e. The van der Waals surface area contributed by atoms with Crippen molar-refractivity contribution in [1.29, 1.82) is 0 Å². The number of aromatic nitrogens is 1. The van der Waals surface area contributed by atoms with E-state index < -0.39 is 0 Å². The first-order valence-corrected chi connectivity index (χ1v) is 7.53. The van der Waals surface area contributed by atoms with Gasteiger partial charge in [0.1, 0.15) is 5.75 Å². The molecule has 3 heteroatoms. The number of ether oxygens (including phenoxy) is 2. The molecule has 0 unspecified atom stereocenters. The van der Waals surface area contributed by atoms with Crippen LogP contribution in [0.3, 0.4) is 0 Å². The highest BCUT2D eigenvalue weighted by atomic mass is 16.5. The number of pyridine rings is 1. The Morgan fingerprint density at radius 1 is 0.952 bits per heavy atom. The van der Waals surface area contributed by atoms with Crippen molar-refractivity contribution in [3.05, 3.63) is 48.2 Å². The quantitative estimate of drug-likeness (QED) is 0.679. The van der Waals surface area contributed by atoms with Crippen molar-refractivity contribution in [3.63, 3.8) is 0 Å². The van der Waals surface area contributed by atoms with E-state index in [9.17, 15) is 0 Å². The molecule has 1 aromatic heterocycles. The highest BCUT2D eigenvalue weighted by Crippen LogP contribution is 2.20. The molecule has 0 spiro atoms. The molecule has 0 amide bonds. The summed E-state index contributed by atoms with van der Waals surface area (Å²) >= 11 is 0. The Kier molecular flexibility index (Phi) is 6.22. The van der Waals surface area contributed by atoms with Gasteiger partial charge < -0.3 is 9.47 Å². The van der Waals surface area contributed by atoms with Gasteiger partial charge in [-0.25, -0.2) is 0 Å². The molecule has 2 aromatic rings. The number of rotatable bonds is 8. The number of hydrogen-bond donors (Lipinski definition) is 0. The van der Waals surface area contributed by atoms with E-state index in [0.717, 1.165) is 43.1 Å². The molecule has 112 valence electrons. The molecule has 0 radical (unpaired) electrons. The fourth-order valence-corrected chi connectivity index (χ4v) is 1.96. The van der Waals surface area contributed by atoms with Crippen molar-refractivity contribution in [2.24, 2.45) is 0 Å². The van der Waals surface area contributed by atoms with Crippen LogP contribution in [0, 0.1) is 6.92 Å². The molecule has 0 aliphatic carbocycles. The second kappa shape index (κ2) is 8.42. The van der Waals surface area contributed by atoms with Gasteiger partial charge in [0.15, 0.2) is 0 Å². The topological polar surface area (TPSA) is 31.4 Å². The summed E-state index contributed by atoms with van der Waals surface area (Å²) in [7, 11) is 0. The van der Waals surface area contributed by atoms with Crippen LogP contribution in [0.5, 0.6) is 5.75 Å². The lowest BCUT2D eigenvalue weighted by molar-refractivity contribution is 0.120. The second-order valence-electron chi connectivity index (χ2n) is 5.06. The van der Waals surface area contributed by atoms with Gasteiger partial charge in [0, 0.05) is 31.4 Å². The summed E-state index contributed by atoms with van der Waals surface area (Å²) in [4.78, 5) is 4.42. The molecule has 1 heterocycles. The minimum atomic E-state index is 0.686. The molecule has 1 aromatic carbocycles. The van der Waals surface area contributed by atoms with E-state index in [-0.39, 0.29) is 0 Å². The third-order valence-electron chi connectivity index (χ3n) is 3.11. The van der Waals surface area contributed by atoms with Gasteiger partial charge in [-0.05, 0) is 49.2 Å². The first-order chi connectivity index (χ1) is 10.3. The molecule has 2 rings (SSSR count). The van der Waals surface area contributed by atoms with Crippen molar-refractivity contribution in [3.8, 4) is 17.0 Å². The summed E-state index contributed by atoms with van der Waals surface area (Å²) in [5, 5.41) is 0. The predicted octanol–water partition coefficient (Wildman–Crippen LogP) is 4.25. The minimum absolute atomic E-state index is 0.686. The van der Waals surface area contributed by atoms with E-state index in [1.54, 1.807) is 0 Å². The first kappa shape index (κ1) is 15.5. The van der Waals surface area contributed by atoms with Gasteiger partial charge in [0.05, 0.1) is 12.3 Å². The Labute approximate surface area is 126 Å². The van der Waals surface area contributed by atoms with Crippen LogP contribution < -0.4 is 4.74 Å². The highest BCUT2D eigenvalue weighted by Gasteiger charge is 2.00. The van der Waals surface area contributed by atoms with Crippen LogP contribution in [-0.2, 0) is 4.74 Å². The summed E-state index contributed by atoms with van der Waals surface area (Å²) < 4.78 is 11.1. The fraction of sp³-hybridized carbons (Fsp3) is 0.389. The van der Waals surface area contributed by atoms with Crippen LogP contribution >= 0.6 is 0 Å². The van der Waals surface area contributed by atoms with Gasteiger partial charge in [-0.2, -0.15) is 0 Å². The normalized spacial score (nSPS) is 10.6. The van der Waals surface area contributed by atoms with Crippen LogP contribution in [0.4, 0.5) is 0 Å². The van der Waals surface area contributed by atoms with E-state index >= 15 is 0 Å². The lowest BCUT2D eigenvalue weighted by atomic mass is 10.1. The molecule has 0 N–H and O–H groups in total. The van der Waals surface area contributed by atoms with Crippen LogP contribution in [0.1, 0.15) is 25.3 Å². The van der Waals surface area contributed by atoms with Crippen molar-refractivity contribution in [2.45, 2.75) is 26.7 Å². The maximum Gasteiger partial charge on any atom is 0.119 e. The zero-order chi connectivity index (χ0) is 14.9. The molecule has 0 aliphatic heterocycles. The van der Waals surface area contributed by atoms with Crippen molar-refractivity contribution < 1.29 is 9.47 Å². The van der Waals surface area contributed by atoms with Crippen molar-refractivity contribution in [1.82, 2.24) is 4.98 Å². The third-order valence-corrected chi connectivity index (χ3v) is 3.11. The van der Waals surface area contributed by atoms with Crippen LogP contribution in [0.2, 0.25) is 0 Å². The molecule has 0 fully saturated rings. The number of hydrogen-bond acceptors (Lipinski definition) is 3. The monoisotopic (exact) mass is 285 g/mol. The van der Waals surface area contributed by atoms with Gasteiger partial charge in [0.2, 0.25) is 0 Å². The zero-order valence-corrected chi connectivity index (χ0v) is 12.8. The average Bonchev–Trinajstić information content (AvgIpc) is 2.52. The van der Waals surface area contributed by atoms with E-state index in [2.05, 4.69) is 18.0 Å². The van der Waals surface area contributed by atoms with Crippen LogP contribution in [-0.4, -0.2) is 24.8 Å². The summed E-state index contributed by atoms with van der Waals surface area (Å²) in [6.07, 6.45) is 3.87. The van der Waals surface area contributed by atoms with E-state index in [1.807, 2.05) is 43.5 Å². The Morgan fingerprint density at radius 3 is 2.43 bits per heavy atom. The molecule has 0 saturated heterocycles. The first-order valence-electron chi connectivity index (χ1n) is 7.53. The van der Waals surface area contributed by atoms with Gasteiger partial charge >= 0.3 is 0 Å². The summed E-state index contributed by atoms with van der Waals surface area (Å²) in [6, 6.07) is 12.2. The molecule has 0 aliphatic rings. The Hall–Kier alpha value is -1.87. The number of benzene rings is 1. The third kappa shape index (κ3) is 5.20. The maximum absolute atomic E-state index is 5.70. The Morgan fingerprint density at radius 2 is 1.76 bits per heavy atom. The maximum atomic E-state index is 5.70. The molecular formula is C18H23NO2. The van der Waals surface area contributed by atoms with Crippen molar-refractivity contribution in [2.75, 3.05) is 19.8 Å². The summed E-state index contributed by atoms with van der Waals surface area (Å²) in [5.74, 6) is 0.890. The predicted molar refractivity (Wildman–Crippen MR) is 85.6 cm³/mol. The zero-order valence-electron chi connectivity index (χ0n) is 12.8. The van der Waals surface area contributed by atoms with E-state index in [0.29, 0.717) is 6.61 Å². The van der Waals surface area contributed by atoms with Gasteiger partial charge in [-0.15, -0.1) is 0 Å². The minimum Gasteiger partial charge on any atom is -0.494 e. The summed E-state index contributed by atoms with van der Waals surface area (Å²) in [5.41, 5.74) is 3.26. The van der Waals surface area contributed by atoms with Gasteiger partial charge in [-0.3, -0.25) is 4.98 Å². The van der Waals surface area contributed by atoms with Gasteiger partial charge in [0.25, 0.3) is 0 Å². The second-order valence-corrected chi connectivity index (χ2v) is 5.06. The van der Waals surface area contributed by atoms with Gasteiger partial charge in [-0.1, -0.05) is 13.0 Å². The SMILES string of the molecule is CCCOCCCOc1ccc(-c2ccc(C)cn2)cc1. The molecule has 0 atom stereocenters. The molecule has 3 nitrogen and oxygen atoms in total. The Bertz CT molecular complexity index is 520. The fourth-order valence-electron chi connectivity index (χ4n) is 1.96. The van der Waals surface area contributed by atoms with Crippen molar-refractivity contribution >= 4 is 0 Å². The number of nitrogens with zero attached hydrogens (tertiary/aromatic N) is 1. The Balaban J connectivity index is 1.80. The highest BCUT2D eigenvalue weighted by molar-refractivity contribution is 5.59. The average molecular weight is 285 g/mol.